The van der Waals surface area contributed by atoms with Gasteiger partial charge in [-0.2, -0.15) is 0 Å². The Morgan fingerprint density at radius 1 is 1.44 bits per heavy atom. The van der Waals surface area contributed by atoms with Gasteiger partial charge >= 0.3 is 0 Å². The summed E-state index contributed by atoms with van der Waals surface area (Å²) < 4.78 is 13.4. The molecule has 2 amide bonds. The van der Waals surface area contributed by atoms with Crippen LogP contribution in [0, 0.1) is 11.7 Å². The lowest BCUT2D eigenvalue weighted by atomic mass is 10.1. The molecular weight excluding hydrogens is 321 g/mol. The zero-order valence-corrected chi connectivity index (χ0v) is 14.5. The number of H-pyrrole nitrogens is 1. The summed E-state index contributed by atoms with van der Waals surface area (Å²) in [5.41, 5.74) is 1.87. The molecule has 0 bridgehead atoms. The molecular formula is C19H24FN3O2. The molecule has 0 saturated carbocycles. The molecule has 1 aliphatic rings. The van der Waals surface area contributed by atoms with Gasteiger partial charge in [0.1, 0.15) is 5.82 Å². The topological polar surface area (TPSA) is 65.2 Å². The molecule has 3 rings (SSSR count). The Labute approximate surface area is 146 Å². The number of likely N-dealkylation sites (tertiary alicyclic amines) is 1. The van der Waals surface area contributed by atoms with Crippen LogP contribution in [0.5, 0.6) is 0 Å². The SMILES string of the molecule is CCCCNC(=O)[C@H]1CC(=O)N(CCc2c[nH]c3ccc(F)cc23)C1. The molecule has 1 fully saturated rings. The van der Waals surface area contributed by atoms with Crippen LogP contribution in [0.15, 0.2) is 24.4 Å². The van der Waals surface area contributed by atoms with E-state index in [-0.39, 0.29) is 30.0 Å². The summed E-state index contributed by atoms with van der Waals surface area (Å²) in [6.07, 6.45) is 4.76. The summed E-state index contributed by atoms with van der Waals surface area (Å²) in [6.45, 7) is 3.75. The molecule has 2 heterocycles. The number of hydrogen-bond acceptors (Lipinski definition) is 2. The fraction of sp³-hybridized carbons (Fsp3) is 0.474. The lowest BCUT2D eigenvalue weighted by Gasteiger charge is -2.16. The Balaban J connectivity index is 1.57. The number of benzene rings is 1. The second kappa shape index (κ2) is 7.68. The zero-order valence-electron chi connectivity index (χ0n) is 14.5. The number of aromatic amines is 1. The van der Waals surface area contributed by atoms with Crippen LogP contribution in [-0.4, -0.2) is 41.3 Å². The van der Waals surface area contributed by atoms with Gasteiger partial charge in [-0.3, -0.25) is 9.59 Å². The number of carbonyl (C=O) groups excluding carboxylic acids is 2. The summed E-state index contributed by atoms with van der Waals surface area (Å²) in [7, 11) is 0. The van der Waals surface area contributed by atoms with Crippen LogP contribution in [0.25, 0.3) is 10.9 Å². The minimum atomic E-state index is -0.269. The first-order chi connectivity index (χ1) is 12.1. The van der Waals surface area contributed by atoms with Crippen molar-refractivity contribution in [2.75, 3.05) is 19.6 Å². The smallest absolute Gasteiger partial charge is 0.225 e. The summed E-state index contributed by atoms with van der Waals surface area (Å²) in [6, 6.07) is 4.65. The molecule has 134 valence electrons. The van der Waals surface area contributed by atoms with Gasteiger partial charge in [-0.25, -0.2) is 4.39 Å². The summed E-state index contributed by atoms with van der Waals surface area (Å²) in [4.78, 5) is 29.2. The molecule has 1 aromatic carbocycles. The lowest BCUT2D eigenvalue weighted by molar-refractivity contribution is -0.129. The Kier molecular flexibility index (Phi) is 5.36. The van der Waals surface area contributed by atoms with E-state index in [1.165, 1.54) is 12.1 Å². The highest BCUT2D eigenvalue weighted by atomic mass is 19.1. The predicted octanol–water partition coefficient (Wildman–Crippen LogP) is 2.61. The normalized spacial score (nSPS) is 17.4. The van der Waals surface area contributed by atoms with E-state index in [1.54, 1.807) is 11.0 Å². The second-order valence-corrected chi connectivity index (χ2v) is 6.64. The monoisotopic (exact) mass is 345 g/mol. The molecule has 1 saturated heterocycles. The number of amides is 2. The van der Waals surface area contributed by atoms with Gasteiger partial charge in [0.05, 0.1) is 5.92 Å². The molecule has 1 aromatic heterocycles. The largest absolute Gasteiger partial charge is 0.361 e. The van der Waals surface area contributed by atoms with Crippen LogP contribution in [0.1, 0.15) is 31.7 Å². The van der Waals surface area contributed by atoms with Gasteiger partial charge in [-0.1, -0.05) is 13.3 Å². The molecule has 6 heteroatoms. The number of aromatic nitrogens is 1. The number of hydrogen-bond donors (Lipinski definition) is 2. The third kappa shape index (κ3) is 4.00. The van der Waals surface area contributed by atoms with Crippen molar-refractivity contribution in [3.05, 3.63) is 35.8 Å². The molecule has 1 aliphatic heterocycles. The van der Waals surface area contributed by atoms with Crippen molar-refractivity contribution in [1.82, 2.24) is 15.2 Å². The van der Waals surface area contributed by atoms with E-state index in [0.717, 1.165) is 29.3 Å². The van der Waals surface area contributed by atoms with Crippen molar-refractivity contribution < 1.29 is 14.0 Å². The van der Waals surface area contributed by atoms with Crippen LogP contribution in [-0.2, 0) is 16.0 Å². The number of unbranched alkanes of at least 4 members (excludes halogenated alkanes) is 1. The summed E-state index contributed by atoms with van der Waals surface area (Å²) >= 11 is 0. The van der Waals surface area contributed by atoms with Crippen LogP contribution in [0.3, 0.4) is 0 Å². The number of rotatable bonds is 7. The van der Waals surface area contributed by atoms with Crippen molar-refractivity contribution in [3.63, 3.8) is 0 Å². The molecule has 1 atom stereocenters. The number of fused-ring (bicyclic) bond motifs is 1. The Hall–Kier alpha value is -2.37. The van der Waals surface area contributed by atoms with Gasteiger partial charge in [-0.05, 0) is 36.6 Å². The second-order valence-electron chi connectivity index (χ2n) is 6.64. The van der Waals surface area contributed by atoms with E-state index in [4.69, 9.17) is 0 Å². The van der Waals surface area contributed by atoms with E-state index in [1.807, 2.05) is 6.20 Å². The first-order valence-corrected chi connectivity index (χ1v) is 8.89. The molecule has 0 radical (unpaired) electrons. The quantitative estimate of drug-likeness (QED) is 0.758. The molecule has 2 N–H and O–H groups in total. The van der Waals surface area contributed by atoms with Crippen molar-refractivity contribution in [2.45, 2.75) is 32.6 Å². The van der Waals surface area contributed by atoms with Crippen LogP contribution in [0.4, 0.5) is 4.39 Å². The molecule has 0 unspecified atom stereocenters. The van der Waals surface area contributed by atoms with Gasteiger partial charge in [0, 0.05) is 43.2 Å². The maximum absolute atomic E-state index is 13.4. The Bertz CT molecular complexity index is 771. The minimum absolute atomic E-state index is 0.0154. The molecule has 5 nitrogen and oxygen atoms in total. The molecule has 0 spiro atoms. The lowest BCUT2D eigenvalue weighted by Crippen LogP contribution is -2.34. The van der Waals surface area contributed by atoms with Crippen LogP contribution in [0.2, 0.25) is 0 Å². The van der Waals surface area contributed by atoms with Crippen molar-refractivity contribution in [3.8, 4) is 0 Å². The maximum atomic E-state index is 13.4. The van der Waals surface area contributed by atoms with Crippen molar-refractivity contribution in [1.29, 1.82) is 0 Å². The maximum Gasteiger partial charge on any atom is 0.225 e. The highest BCUT2D eigenvalue weighted by Crippen LogP contribution is 2.22. The molecule has 0 aliphatic carbocycles. The summed E-state index contributed by atoms with van der Waals surface area (Å²) in [5.74, 6) is -0.542. The summed E-state index contributed by atoms with van der Waals surface area (Å²) in [5, 5.41) is 3.75. The third-order valence-electron chi connectivity index (χ3n) is 4.80. The highest BCUT2D eigenvalue weighted by Gasteiger charge is 2.33. The van der Waals surface area contributed by atoms with Crippen molar-refractivity contribution in [2.24, 2.45) is 5.92 Å². The molecule has 2 aromatic rings. The average Bonchev–Trinajstić information content (AvgIpc) is 3.16. The van der Waals surface area contributed by atoms with Crippen LogP contribution >= 0.6 is 0 Å². The van der Waals surface area contributed by atoms with Gasteiger partial charge in [-0.15, -0.1) is 0 Å². The van der Waals surface area contributed by atoms with Crippen LogP contribution < -0.4 is 5.32 Å². The number of nitrogens with one attached hydrogen (secondary N) is 2. The Morgan fingerprint density at radius 2 is 2.28 bits per heavy atom. The van der Waals surface area contributed by atoms with Gasteiger partial charge in [0.25, 0.3) is 0 Å². The average molecular weight is 345 g/mol. The third-order valence-corrected chi connectivity index (χ3v) is 4.80. The first kappa shape index (κ1) is 17.5. The van der Waals surface area contributed by atoms with Gasteiger partial charge in [0.15, 0.2) is 0 Å². The standard InChI is InChI=1S/C19H24FN3O2/c1-2-3-7-21-19(25)14-9-18(24)23(12-14)8-6-13-11-22-17-5-4-15(20)10-16(13)17/h4-5,10-11,14,22H,2-3,6-9,12H2,1H3,(H,21,25)/t14-/m0/s1. The zero-order chi connectivity index (χ0) is 17.8. The van der Waals surface area contributed by atoms with E-state index in [2.05, 4.69) is 17.2 Å². The first-order valence-electron chi connectivity index (χ1n) is 8.89. The van der Waals surface area contributed by atoms with E-state index in [0.29, 0.717) is 26.1 Å². The number of halogens is 1. The van der Waals surface area contributed by atoms with E-state index >= 15 is 0 Å². The van der Waals surface area contributed by atoms with Crippen molar-refractivity contribution >= 4 is 22.7 Å². The van der Waals surface area contributed by atoms with E-state index < -0.39 is 0 Å². The van der Waals surface area contributed by atoms with E-state index in [9.17, 15) is 14.0 Å². The fourth-order valence-corrected chi connectivity index (χ4v) is 3.31. The highest BCUT2D eigenvalue weighted by molar-refractivity contribution is 5.89. The Morgan fingerprint density at radius 3 is 3.08 bits per heavy atom. The number of nitrogens with zero attached hydrogens (tertiary/aromatic N) is 1. The molecule has 25 heavy (non-hydrogen) atoms. The van der Waals surface area contributed by atoms with Gasteiger partial charge in [0.2, 0.25) is 11.8 Å². The number of carbonyl (C=O) groups is 2. The van der Waals surface area contributed by atoms with Gasteiger partial charge < -0.3 is 15.2 Å². The fourth-order valence-electron chi connectivity index (χ4n) is 3.31. The predicted molar refractivity (Wildman–Crippen MR) is 94.6 cm³/mol. The minimum Gasteiger partial charge on any atom is -0.361 e.